The van der Waals surface area contributed by atoms with Crippen LogP contribution in [0.5, 0.6) is 0 Å². The minimum absolute atomic E-state index is 0.0722. The van der Waals surface area contributed by atoms with E-state index in [0.717, 1.165) is 11.8 Å². The van der Waals surface area contributed by atoms with Gasteiger partial charge in [0.2, 0.25) is 0 Å². The number of hydrogen-bond acceptors (Lipinski definition) is 5. The summed E-state index contributed by atoms with van der Waals surface area (Å²) in [5.74, 6) is 0.0702. The van der Waals surface area contributed by atoms with Crippen LogP contribution in [0.1, 0.15) is 0 Å². The summed E-state index contributed by atoms with van der Waals surface area (Å²) in [6.07, 6.45) is 1.12. The molecule has 2 heterocycles. The number of hydrogen-bond donors (Lipinski definition) is 2. The maximum Gasteiger partial charge on any atom is 0.183 e. The van der Waals surface area contributed by atoms with Gasteiger partial charge in [-0.25, -0.2) is 14.4 Å². The van der Waals surface area contributed by atoms with Gasteiger partial charge in [-0.2, -0.15) is 11.3 Å². The molecule has 0 unspecified atom stereocenters. The van der Waals surface area contributed by atoms with E-state index in [1.54, 1.807) is 0 Å². The zero-order chi connectivity index (χ0) is 11.4. The fourth-order valence-corrected chi connectivity index (χ4v) is 1.83. The summed E-state index contributed by atoms with van der Waals surface area (Å²) in [6.45, 7) is 0.189. The molecule has 2 N–H and O–H groups in total. The van der Waals surface area contributed by atoms with Crippen LogP contribution in [0, 0.1) is 5.82 Å². The van der Waals surface area contributed by atoms with E-state index in [2.05, 4.69) is 15.3 Å². The molecule has 4 nitrogen and oxygen atoms in total. The van der Waals surface area contributed by atoms with E-state index < -0.39 is 5.82 Å². The summed E-state index contributed by atoms with van der Waals surface area (Å²) in [5.41, 5.74) is 0.858. The molecule has 6 heteroatoms. The van der Waals surface area contributed by atoms with Gasteiger partial charge >= 0.3 is 0 Å². The van der Waals surface area contributed by atoms with Crippen LogP contribution >= 0.6 is 11.3 Å². The summed E-state index contributed by atoms with van der Waals surface area (Å²) in [4.78, 5) is 7.96. The molecule has 0 bridgehead atoms. The quantitative estimate of drug-likeness (QED) is 0.853. The van der Waals surface area contributed by atoms with Gasteiger partial charge in [0.1, 0.15) is 0 Å². The number of nitrogens with zero attached hydrogens (tertiary/aromatic N) is 2. The highest BCUT2D eigenvalue weighted by Crippen LogP contribution is 2.20. The highest BCUT2D eigenvalue weighted by Gasteiger charge is 2.07. The van der Waals surface area contributed by atoms with Crippen LogP contribution in [0.25, 0.3) is 11.4 Å². The number of anilines is 1. The lowest BCUT2D eigenvalue weighted by atomic mass is 10.3. The minimum Gasteiger partial charge on any atom is -0.395 e. The van der Waals surface area contributed by atoms with Gasteiger partial charge in [0.05, 0.1) is 12.8 Å². The average molecular weight is 239 g/mol. The molecule has 2 rings (SSSR count). The van der Waals surface area contributed by atoms with Crippen LogP contribution in [0.4, 0.5) is 10.2 Å². The van der Waals surface area contributed by atoms with Crippen LogP contribution in [-0.2, 0) is 0 Å². The number of aliphatic hydroxyl groups is 1. The highest BCUT2D eigenvalue weighted by atomic mass is 32.1. The lowest BCUT2D eigenvalue weighted by Crippen LogP contribution is -2.09. The summed E-state index contributed by atoms with van der Waals surface area (Å²) in [5, 5.41) is 15.1. The second-order valence-corrected chi connectivity index (χ2v) is 3.83. The summed E-state index contributed by atoms with van der Waals surface area (Å²) in [6, 6.07) is 1.87. The number of aromatic nitrogens is 2. The summed E-state index contributed by atoms with van der Waals surface area (Å²) in [7, 11) is 0. The number of thiophene rings is 1. The van der Waals surface area contributed by atoms with Crippen molar-refractivity contribution in [3.05, 3.63) is 28.8 Å². The topological polar surface area (TPSA) is 58.0 Å². The van der Waals surface area contributed by atoms with Gasteiger partial charge in [0, 0.05) is 17.5 Å². The van der Waals surface area contributed by atoms with Crippen molar-refractivity contribution >= 4 is 17.2 Å². The molecular weight excluding hydrogens is 229 g/mol. The molecule has 0 atom stereocenters. The zero-order valence-corrected chi connectivity index (χ0v) is 9.17. The van der Waals surface area contributed by atoms with Crippen LogP contribution in [0.3, 0.4) is 0 Å². The molecule has 0 aliphatic heterocycles. The Hall–Kier alpha value is -1.53. The molecule has 84 valence electrons. The van der Waals surface area contributed by atoms with E-state index >= 15 is 0 Å². The molecule has 0 spiro atoms. The van der Waals surface area contributed by atoms with Crippen molar-refractivity contribution in [2.75, 3.05) is 18.5 Å². The van der Waals surface area contributed by atoms with Crippen molar-refractivity contribution < 1.29 is 9.50 Å². The maximum atomic E-state index is 13.3. The molecule has 0 aromatic carbocycles. The van der Waals surface area contributed by atoms with Crippen molar-refractivity contribution in [2.45, 2.75) is 0 Å². The normalized spacial score (nSPS) is 10.4. The van der Waals surface area contributed by atoms with Crippen molar-refractivity contribution in [2.24, 2.45) is 0 Å². The van der Waals surface area contributed by atoms with Gasteiger partial charge in [0.25, 0.3) is 0 Å². The Morgan fingerprint density at radius 3 is 3.06 bits per heavy atom. The van der Waals surface area contributed by atoms with Crippen LogP contribution in [0.15, 0.2) is 23.0 Å². The smallest absolute Gasteiger partial charge is 0.183 e. The monoisotopic (exact) mass is 239 g/mol. The molecule has 2 aromatic heterocycles. The maximum absolute atomic E-state index is 13.3. The van der Waals surface area contributed by atoms with Crippen LogP contribution in [-0.4, -0.2) is 28.2 Å². The molecule has 0 fully saturated rings. The molecule has 2 aromatic rings. The largest absolute Gasteiger partial charge is 0.395 e. The van der Waals surface area contributed by atoms with E-state index in [1.165, 1.54) is 11.3 Å². The second kappa shape index (κ2) is 5.00. The second-order valence-electron chi connectivity index (χ2n) is 3.05. The number of rotatable bonds is 4. The Bertz CT molecular complexity index is 461. The van der Waals surface area contributed by atoms with Gasteiger partial charge in [-0.3, -0.25) is 0 Å². The minimum atomic E-state index is -0.521. The third kappa shape index (κ3) is 2.34. The van der Waals surface area contributed by atoms with Gasteiger partial charge in [-0.05, 0) is 11.4 Å². The lowest BCUT2D eigenvalue weighted by Gasteiger charge is -2.05. The molecule has 16 heavy (non-hydrogen) atoms. The lowest BCUT2D eigenvalue weighted by molar-refractivity contribution is 0.310. The Morgan fingerprint density at radius 2 is 2.38 bits per heavy atom. The van der Waals surface area contributed by atoms with Crippen molar-refractivity contribution in [1.29, 1.82) is 0 Å². The van der Waals surface area contributed by atoms with Gasteiger partial charge in [-0.15, -0.1) is 0 Å². The Kier molecular flexibility index (Phi) is 3.43. The first kappa shape index (κ1) is 11.0. The first-order chi connectivity index (χ1) is 7.81. The molecule has 0 aliphatic rings. The van der Waals surface area contributed by atoms with Crippen LogP contribution in [0.2, 0.25) is 0 Å². The third-order valence-electron chi connectivity index (χ3n) is 1.93. The molecule has 0 saturated carbocycles. The zero-order valence-electron chi connectivity index (χ0n) is 8.35. The number of nitrogens with one attached hydrogen (secondary N) is 1. The molecule has 0 saturated heterocycles. The van der Waals surface area contributed by atoms with E-state index in [-0.39, 0.29) is 19.0 Å². The third-order valence-corrected chi connectivity index (χ3v) is 2.61. The molecule has 0 radical (unpaired) electrons. The van der Waals surface area contributed by atoms with Gasteiger partial charge in [-0.1, -0.05) is 0 Å². The molecule has 0 amide bonds. The predicted octanol–water partition coefficient (Wildman–Crippen LogP) is 1.75. The standard InChI is InChI=1S/C10H10FN3OS/c11-8-5-13-9(7-1-4-16-6-7)14-10(8)12-2-3-15/h1,4-6,15H,2-3H2,(H,12,13,14). The van der Waals surface area contributed by atoms with Crippen molar-refractivity contribution in [1.82, 2.24) is 9.97 Å². The fourth-order valence-electron chi connectivity index (χ4n) is 1.20. The van der Waals surface area contributed by atoms with Crippen molar-refractivity contribution in [3.8, 4) is 11.4 Å². The van der Waals surface area contributed by atoms with E-state index in [0.29, 0.717) is 5.82 Å². The fraction of sp³-hybridized carbons (Fsp3) is 0.200. The molecular formula is C10H10FN3OS. The van der Waals surface area contributed by atoms with Crippen LogP contribution < -0.4 is 5.32 Å². The van der Waals surface area contributed by atoms with Gasteiger partial charge in [0.15, 0.2) is 17.5 Å². The number of aliphatic hydroxyl groups excluding tert-OH is 1. The Labute approximate surface area is 95.8 Å². The Morgan fingerprint density at radius 1 is 1.50 bits per heavy atom. The predicted molar refractivity (Wildman–Crippen MR) is 60.9 cm³/mol. The van der Waals surface area contributed by atoms with Gasteiger partial charge < -0.3 is 10.4 Å². The summed E-state index contributed by atoms with van der Waals surface area (Å²) >= 11 is 1.53. The average Bonchev–Trinajstić information content (AvgIpc) is 2.81. The highest BCUT2D eigenvalue weighted by molar-refractivity contribution is 7.08. The van der Waals surface area contributed by atoms with E-state index in [4.69, 9.17) is 5.11 Å². The Balaban J connectivity index is 2.28. The van der Waals surface area contributed by atoms with Crippen molar-refractivity contribution in [3.63, 3.8) is 0 Å². The molecule has 0 aliphatic carbocycles. The SMILES string of the molecule is OCCNc1nc(-c2ccsc2)ncc1F. The summed E-state index contributed by atoms with van der Waals surface area (Å²) < 4.78 is 13.3. The first-order valence-electron chi connectivity index (χ1n) is 4.71. The number of halogens is 1. The first-order valence-corrected chi connectivity index (χ1v) is 5.65. The van der Waals surface area contributed by atoms with E-state index in [9.17, 15) is 4.39 Å². The van der Waals surface area contributed by atoms with E-state index in [1.807, 2.05) is 16.8 Å².